The predicted octanol–water partition coefficient (Wildman–Crippen LogP) is 0.293. The van der Waals surface area contributed by atoms with Gasteiger partial charge in [-0.1, -0.05) is 0 Å². The molecule has 1 fully saturated rings. The lowest BCUT2D eigenvalue weighted by Gasteiger charge is -2.05. The normalized spacial score (nSPS) is 26.4. The Balaban J connectivity index is 1.98. The number of nitrogens with zero attached hydrogens (tertiary/aromatic N) is 1. The van der Waals surface area contributed by atoms with Gasteiger partial charge in [-0.25, -0.2) is 4.98 Å². The van der Waals surface area contributed by atoms with Gasteiger partial charge in [0.1, 0.15) is 12.3 Å². The van der Waals surface area contributed by atoms with Crippen molar-refractivity contribution in [3.8, 4) is 0 Å². The molecular weight excluding hydrogens is 184 g/mol. The van der Waals surface area contributed by atoms with Crippen molar-refractivity contribution in [1.82, 2.24) is 10.3 Å². The van der Waals surface area contributed by atoms with Crippen LogP contribution in [0.1, 0.15) is 18.2 Å². The fraction of sp³-hybridized carbons (Fsp3) is 0.556. The highest BCUT2D eigenvalue weighted by molar-refractivity contribution is 5.76. The smallest absolute Gasteiger partial charge is 0.322 e. The minimum absolute atomic E-state index is 0.175. The van der Waals surface area contributed by atoms with Gasteiger partial charge in [0.15, 0.2) is 5.89 Å². The molecule has 0 aliphatic carbocycles. The molecule has 5 heteroatoms. The molecule has 2 atom stereocenters. The highest BCUT2D eigenvalue weighted by Crippen LogP contribution is 2.24. The van der Waals surface area contributed by atoms with E-state index in [-0.39, 0.29) is 17.9 Å². The van der Waals surface area contributed by atoms with Crippen LogP contribution in [0.2, 0.25) is 0 Å². The Bertz CT molecular complexity index is 310. The number of nitrogens with one attached hydrogen (secondary N) is 1. The van der Waals surface area contributed by atoms with Gasteiger partial charge in [0.25, 0.3) is 0 Å². The van der Waals surface area contributed by atoms with Gasteiger partial charge in [0, 0.05) is 6.54 Å². The van der Waals surface area contributed by atoms with Crippen molar-refractivity contribution in [2.75, 3.05) is 13.7 Å². The number of esters is 1. The van der Waals surface area contributed by atoms with Gasteiger partial charge in [-0.2, -0.15) is 0 Å². The Kier molecular flexibility index (Phi) is 2.49. The molecular formula is C9H12N2O3. The fourth-order valence-corrected chi connectivity index (χ4v) is 1.68. The van der Waals surface area contributed by atoms with Gasteiger partial charge in [-0.15, -0.1) is 0 Å². The van der Waals surface area contributed by atoms with Crippen LogP contribution in [0.3, 0.4) is 0 Å². The van der Waals surface area contributed by atoms with Crippen molar-refractivity contribution < 1.29 is 13.9 Å². The lowest BCUT2D eigenvalue weighted by Crippen LogP contribution is -2.31. The number of hydrogen-bond donors (Lipinski definition) is 1. The lowest BCUT2D eigenvalue weighted by atomic mass is 10.1. The third-order valence-corrected chi connectivity index (χ3v) is 2.42. The summed E-state index contributed by atoms with van der Waals surface area (Å²) in [6.45, 7) is 0.709. The van der Waals surface area contributed by atoms with E-state index < -0.39 is 0 Å². The largest absolute Gasteiger partial charge is 0.468 e. The molecule has 1 aliphatic rings. The molecule has 1 saturated heterocycles. The summed E-state index contributed by atoms with van der Waals surface area (Å²) in [5, 5.41) is 3.07. The van der Waals surface area contributed by atoms with E-state index in [1.807, 2.05) is 0 Å². The Morgan fingerprint density at radius 1 is 1.79 bits per heavy atom. The molecule has 2 heterocycles. The standard InChI is InChI=1S/C9H12N2O3/c1-13-9(12)7-4-6(5-11-7)8-10-2-3-14-8/h2-3,6-7,11H,4-5H2,1H3. The third-order valence-electron chi connectivity index (χ3n) is 2.42. The van der Waals surface area contributed by atoms with Crippen molar-refractivity contribution in [1.29, 1.82) is 0 Å². The zero-order valence-corrected chi connectivity index (χ0v) is 7.90. The van der Waals surface area contributed by atoms with E-state index in [1.165, 1.54) is 7.11 Å². The second-order valence-corrected chi connectivity index (χ2v) is 3.29. The maximum atomic E-state index is 11.2. The van der Waals surface area contributed by atoms with E-state index in [4.69, 9.17) is 4.42 Å². The van der Waals surface area contributed by atoms with Crippen LogP contribution in [-0.4, -0.2) is 30.6 Å². The van der Waals surface area contributed by atoms with Crippen molar-refractivity contribution in [2.24, 2.45) is 0 Å². The fourth-order valence-electron chi connectivity index (χ4n) is 1.68. The minimum Gasteiger partial charge on any atom is -0.468 e. The molecule has 0 saturated carbocycles. The summed E-state index contributed by atoms with van der Waals surface area (Å²) < 4.78 is 9.82. The summed E-state index contributed by atoms with van der Waals surface area (Å²) in [5.74, 6) is 0.636. The van der Waals surface area contributed by atoms with E-state index in [0.29, 0.717) is 18.9 Å². The Morgan fingerprint density at radius 3 is 3.29 bits per heavy atom. The summed E-state index contributed by atoms with van der Waals surface area (Å²) in [6.07, 6.45) is 3.84. The van der Waals surface area contributed by atoms with Crippen LogP contribution in [0.15, 0.2) is 16.9 Å². The molecule has 76 valence electrons. The molecule has 0 aromatic carbocycles. The van der Waals surface area contributed by atoms with Crippen molar-refractivity contribution in [2.45, 2.75) is 18.4 Å². The van der Waals surface area contributed by atoms with E-state index in [9.17, 15) is 4.79 Å². The Labute approximate surface area is 81.5 Å². The predicted molar refractivity (Wildman–Crippen MR) is 47.7 cm³/mol. The van der Waals surface area contributed by atoms with Crippen LogP contribution >= 0.6 is 0 Å². The average Bonchev–Trinajstić information content (AvgIpc) is 2.86. The third kappa shape index (κ3) is 1.63. The molecule has 0 bridgehead atoms. The molecule has 1 aliphatic heterocycles. The lowest BCUT2D eigenvalue weighted by molar-refractivity contribution is -0.142. The number of ether oxygens (including phenoxy) is 1. The number of carbonyl (C=O) groups is 1. The maximum absolute atomic E-state index is 11.2. The highest BCUT2D eigenvalue weighted by atomic mass is 16.5. The molecule has 0 radical (unpaired) electrons. The zero-order valence-electron chi connectivity index (χ0n) is 7.90. The summed E-state index contributed by atoms with van der Waals surface area (Å²) in [7, 11) is 1.39. The van der Waals surface area contributed by atoms with Crippen molar-refractivity contribution in [3.63, 3.8) is 0 Å². The van der Waals surface area contributed by atoms with Crippen LogP contribution in [-0.2, 0) is 9.53 Å². The van der Waals surface area contributed by atoms with Crippen LogP contribution in [0.25, 0.3) is 0 Å². The van der Waals surface area contributed by atoms with E-state index in [2.05, 4.69) is 15.0 Å². The molecule has 0 spiro atoms. The second kappa shape index (κ2) is 3.79. The van der Waals surface area contributed by atoms with Crippen LogP contribution in [0, 0.1) is 0 Å². The van der Waals surface area contributed by atoms with Gasteiger partial charge < -0.3 is 14.5 Å². The molecule has 2 unspecified atom stereocenters. The van der Waals surface area contributed by atoms with Gasteiger partial charge in [0.2, 0.25) is 0 Å². The SMILES string of the molecule is COC(=O)C1CC(c2ncco2)CN1. The topological polar surface area (TPSA) is 64.4 Å². The zero-order chi connectivity index (χ0) is 9.97. The first-order chi connectivity index (χ1) is 6.81. The van der Waals surface area contributed by atoms with Crippen LogP contribution in [0.4, 0.5) is 0 Å². The summed E-state index contributed by atoms with van der Waals surface area (Å²) in [4.78, 5) is 15.3. The second-order valence-electron chi connectivity index (χ2n) is 3.29. The van der Waals surface area contributed by atoms with Gasteiger partial charge in [-0.3, -0.25) is 4.79 Å². The summed E-state index contributed by atoms with van der Waals surface area (Å²) in [6, 6.07) is -0.225. The quantitative estimate of drug-likeness (QED) is 0.689. The first kappa shape index (κ1) is 9.21. The molecule has 1 aromatic rings. The monoisotopic (exact) mass is 196 g/mol. The number of hydrogen-bond acceptors (Lipinski definition) is 5. The van der Waals surface area contributed by atoms with Crippen molar-refractivity contribution >= 4 is 5.97 Å². The number of methoxy groups -OCH3 is 1. The summed E-state index contributed by atoms with van der Waals surface area (Å²) in [5.41, 5.74) is 0. The first-order valence-electron chi connectivity index (χ1n) is 4.52. The summed E-state index contributed by atoms with van der Waals surface area (Å²) >= 11 is 0. The number of aromatic nitrogens is 1. The van der Waals surface area contributed by atoms with Crippen molar-refractivity contribution in [3.05, 3.63) is 18.4 Å². The highest BCUT2D eigenvalue weighted by Gasteiger charge is 2.32. The number of carbonyl (C=O) groups excluding carboxylic acids is 1. The number of rotatable bonds is 2. The van der Waals surface area contributed by atoms with Crippen LogP contribution < -0.4 is 5.32 Å². The molecule has 1 aromatic heterocycles. The van der Waals surface area contributed by atoms with Crippen LogP contribution in [0.5, 0.6) is 0 Å². The number of oxazole rings is 1. The Morgan fingerprint density at radius 2 is 2.64 bits per heavy atom. The average molecular weight is 196 g/mol. The molecule has 2 rings (SSSR count). The molecule has 0 amide bonds. The van der Waals surface area contributed by atoms with Gasteiger partial charge in [0.05, 0.1) is 19.2 Å². The minimum atomic E-state index is -0.225. The maximum Gasteiger partial charge on any atom is 0.322 e. The molecule has 14 heavy (non-hydrogen) atoms. The Hall–Kier alpha value is -1.36. The van der Waals surface area contributed by atoms with E-state index in [0.717, 1.165) is 0 Å². The van der Waals surface area contributed by atoms with Gasteiger partial charge in [-0.05, 0) is 6.42 Å². The first-order valence-corrected chi connectivity index (χ1v) is 4.52. The van der Waals surface area contributed by atoms with E-state index >= 15 is 0 Å². The van der Waals surface area contributed by atoms with Gasteiger partial charge >= 0.3 is 5.97 Å². The molecule has 5 nitrogen and oxygen atoms in total. The van der Waals surface area contributed by atoms with E-state index in [1.54, 1.807) is 12.5 Å². The molecule has 1 N–H and O–H groups in total.